The van der Waals surface area contributed by atoms with Crippen LogP contribution in [0, 0.1) is 0 Å². The van der Waals surface area contributed by atoms with Gasteiger partial charge >= 0.3 is 0 Å². The number of carbonyl (C=O) groups is 2. The largest absolute Gasteiger partial charge is 0.340 e. The third kappa shape index (κ3) is 10.5. The van der Waals surface area contributed by atoms with Gasteiger partial charge in [-0.05, 0) is 37.4 Å². The first-order valence-corrected chi connectivity index (χ1v) is 12.4. The van der Waals surface area contributed by atoms with E-state index in [1.165, 1.54) is 5.56 Å². The molecule has 1 aromatic rings. The van der Waals surface area contributed by atoms with Crippen LogP contribution in [0.1, 0.15) is 45.6 Å². The predicted octanol–water partition coefficient (Wildman–Crippen LogP) is 5.54. The van der Waals surface area contributed by atoms with Crippen molar-refractivity contribution in [1.29, 1.82) is 0 Å². The van der Waals surface area contributed by atoms with E-state index in [4.69, 9.17) is 11.6 Å². The minimum Gasteiger partial charge on any atom is -0.340 e. The Morgan fingerprint density at radius 1 is 1.18 bits per heavy atom. The van der Waals surface area contributed by atoms with Crippen molar-refractivity contribution in [3.8, 4) is 0 Å². The molecule has 186 valence electrons. The van der Waals surface area contributed by atoms with Crippen LogP contribution in [-0.2, 0) is 16.0 Å². The fourth-order valence-corrected chi connectivity index (χ4v) is 3.68. The summed E-state index contributed by atoms with van der Waals surface area (Å²) in [6.07, 6.45) is 11.0. The number of piperazine rings is 1. The Bertz CT molecular complexity index is 876. The monoisotopic (exact) mass is 485 g/mol. The Balaban J connectivity index is 0.000000533. The van der Waals surface area contributed by atoms with E-state index in [1.807, 2.05) is 47.4 Å². The summed E-state index contributed by atoms with van der Waals surface area (Å²) < 4.78 is 0. The number of rotatable bonds is 11. The van der Waals surface area contributed by atoms with Gasteiger partial charge in [-0.15, -0.1) is 6.58 Å². The third-order valence-electron chi connectivity index (χ3n) is 5.32. The Hall–Kier alpha value is -2.63. The molecule has 0 bridgehead atoms. The summed E-state index contributed by atoms with van der Waals surface area (Å²) in [7, 11) is 0. The van der Waals surface area contributed by atoms with E-state index >= 15 is 0 Å². The molecule has 2 rings (SSSR count). The summed E-state index contributed by atoms with van der Waals surface area (Å²) in [6, 6.07) is 7.91. The van der Waals surface area contributed by atoms with Crippen LogP contribution in [0.4, 0.5) is 0 Å². The standard InChI is InChI=1S/C20H31N3O2.C8H9Cl/c1-5-7-10-19(18(4)24)23-15-14-22(16-17(23)3)20(25)11-9-13-21-12-8-6-2;1-2-7-5-3-4-6-8(7)9/h6,9-11,21H,2-3,5,7-8,12-16H2,1,4H3;3-6H,2H2,1H3/b11-9+,19-10-;. The van der Waals surface area contributed by atoms with Gasteiger partial charge in [0.1, 0.15) is 0 Å². The lowest BCUT2D eigenvalue weighted by atomic mass is 10.1. The minimum absolute atomic E-state index is 0.0202. The molecule has 0 atom stereocenters. The number of amides is 1. The first kappa shape index (κ1) is 29.4. The Morgan fingerprint density at radius 3 is 2.47 bits per heavy atom. The van der Waals surface area contributed by atoms with Crippen LogP contribution < -0.4 is 5.32 Å². The highest BCUT2D eigenvalue weighted by Gasteiger charge is 2.25. The summed E-state index contributed by atoms with van der Waals surface area (Å²) in [4.78, 5) is 27.9. The fraction of sp³-hybridized carbons (Fsp3) is 0.429. The molecule has 0 saturated carbocycles. The molecule has 6 heteroatoms. The minimum atomic E-state index is -0.0202. The molecule has 1 heterocycles. The maximum Gasteiger partial charge on any atom is 0.246 e. The van der Waals surface area contributed by atoms with Gasteiger partial charge in [0, 0.05) is 43.4 Å². The summed E-state index contributed by atoms with van der Waals surface area (Å²) in [5.74, 6) is 0.0214. The second-order valence-corrected chi connectivity index (χ2v) is 8.45. The highest BCUT2D eigenvalue weighted by Crippen LogP contribution is 2.19. The van der Waals surface area contributed by atoms with Gasteiger partial charge in [-0.2, -0.15) is 0 Å². The maximum atomic E-state index is 12.3. The van der Waals surface area contributed by atoms with Gasteiger partial charge in [-0.1, -0.05) is 74.9 Å². The highest BCUT2D eigenvalue weighted by molar-refractivity contribution is 6.31. The van der Waals surface area contributed by atoms with Crippen molar-refractivity contribution < 1.29 is 9.59 Å². The van der Waals surface area contributed by atoms with E-state index in [0.717, 1.165) is 42.9 Å². The lowest BCUT2D eigenvalue weighted by molar-refractivity contribution is -0.126. The molecule has 34 heavy (non-hydrogen) atoms. The van der Waals surface area contributed by atoms with Crippen molar-refractivity contribution in [1.82, 2.24) is 15.1 Å². The van der Waals surface area contributed by atoms with Crippen molar-refractivity contribution in [2.24, 2.45) is 0 Å². The molecule has 1 N–H and O–H groups in total. The predicted molar refractivity (Wildman–Crippen MR) is 144 cm³/mol. The summed E-state index contributed by atoms with van der Waals surface area (Å²) in [6.45, 7) is 16.6. The summed E-state index contributed by atoms with van der Waals surface area (Å²) in [5.41, 5.74) is 2.70. The molecule has 5 nitrogen and oxygen atoms in total. The second-order valence-electron chi connectivity index (χ2n) is 8.04. The Labute approximate surface area is 210 Å². The van der Waals surface area contributed by atoms with Gasteiger partial charge in [-0.3, -0.25) is 9.59 Å². The van der Waals surface area contributed by atoms with Crippen LogP contribution in [0.2, 0.25) is 5.02 Å². The lowest BCUT2D eigenvalue weighted by Crippen LogP contribution is -2.46. The first-order chi connectivity index (χ1) is 16.3. The molecule has 0 aliphatic carbocycles. The van der Waals surface area contributed by atoms with Crippen molar-refractivity contribution in [2.45, 2.75) is 46.5 Å². The number of ketones is 1. The first-order valence-electron chi connectivity index (χ1n) is 12.0. The molecule has 1 aliphatic heterocycles. The average Bonchev–Trinajstić information content (AvgIpc) is 2.82. The van der Waals surface area contributed by atoms with Crippen molar-refractivity contribution in [2.75, 3.05) is 32.7 Å². The van der Waals surface area contributed by atoms with Gasteiger partial charge in [0.05, 0.1) is 12.2 Å². The number of aryl methyl sites for hydroxylation is 1. The van der Waals surface area contributed by atoms with Crippen molar-refractivity contribution in [3.05, 3.63) is 83.7 Å². The quantitative estimate of drug-likeness (QED) is 0.254. The molecule has 1 saturated heterocycles. The van der Waals surface area contributed by atoms with Crippen LogP contribution in [0.25, 0.3) is 0 Å². The SMILES string of the molecule is C=CCCNC/C=C/C(=O)N1CCN(/C(=C\CCC)C(C)=O)C(=C)C1.CCc1ccccc1Cl. The molecule has 1 aliphatic rings. The third-order valence-corrected chi connectivity index (χ3v) is 5.69. The zero-order valence-electron chi connectivity index (χ0n) is 21.0. The molecule has 1 fully saturated rings. The van der Waals surface area contributed by atoms with Crippen LogP contribution in [0.3, 0.4) is 0 Å². The number of halogens is 1. The number of allylic oxidation sites excluding steroid dienone is 2. The highest BCUT2D eigenvalue weighted by atomic mass is 35.5. The fourth-order valence-electron chi connectivity index (χ4n) is 3.41. The van der Waals surface area contributed by atoms with E-state index in [-0.39, 0.29) is 11.7 Å². The van der Waals surface area contributed by atoms with Gasteiger partial charge in [0.25, 0.3) is 0 Å². The molecule has 0 radical (unpaired) electrons. The van der Waals surface area contributed by atoms with Gasteiger partial charge in [-0.25, -0.2) is 0 Å². The molecule has 0 aromatic heterocycles. The number of hydrogen-bond donors (Lipinski definition) is 1. The number of Topliss-reactive ketones (excluding diaryl/α,β-unsaturated/α-hetero) is 1. The van der Waals surface area contributed by atoms with Crippen LogP contribution in [0.5, 0.6) is 0 Å². The maximum absolute atomic E-state index is 12.3. The molecule has 1 amide bonds. The second kappa shape index (κ2) is 16.9. The number of nitrogens with zero attached hydrogens (tertiary/aromatic N) is 2. The van der Waals surface area contributed by atoms with Gasteiger partial charge in [0.2, 0.25) is 5.91 Å². The van der Waals surface area contributed by atoms with Crippen LogP contribution >= 0.6 is 11.6 Å². The summed E-state index contributed by atoms with van der Waals surface area (Å²) in [5, 5.41) is 4.08. The number of unbranched alkanes of at least 4 members (excludes halogenated alkanes) is 1. The van der Waals surface area contributed by atoms with E-state index in [0.29, 0.717) is 31.9 Å². The molecular formula is C28H40ClN3O2. The van der Waals surface area contributed by atoms with Crippen molar-refractivity contribution >= 4 is 23.3 Å². The number of hydrogen-bond acceptors (Lipinski definition) is 4. The van der Waals surface area contributed by atoms with E-state index in [9.17, 15) is 9.59 Å². The molecule has 0 spiro atoms. The molecule has 0 unspecified atom stereocenters. The number of benzene rings is 1. The van der Waals surface area contributed by atoms with Crippen LogP contribution in [-0.4, -0.2) is 54.2 Å². The number of carbonyl (C=O) groups excluding carboxylic acids is 2. The van der Waals surface area contributed by atoms with Gasteiger partial charge in [0.15, 0.2) is 5.78 Å². The summed E-state index contributed by atoms with van der Waals surface area (Å²) >= 11 is 5.82. The van der Waals surface area contributed by atoms with E-state index in [1.54, 1.807) is 17.9 Å². The average molecular weight is 486 g/mol. The molecule has 1 aromatic carbocycles. The Kier molecular flexibility index (Phi) is 14.6. The lowest BCUT2D eigenvalue weighted by Gasteiger charge is -2.38. The zero-order chi connectivity index (χ0) is 25.3. The van der Waals surface area contributed by atoms with Crippen molar-refractivity contribution in [3.63, 3.8) is 0 Å². The normalized spacial score (nSPS) is 14.1. The van der Waals surface area contributed by atoms with E-state index in [2.05, 4.69) is 32.3 Å². The number of nitrogens with one attached hydrogen (secondary N) is 1. The van der Waals surface area contributed by atoms with Crippen LogP contribution in [0.15, 0.2) is 73.1 Å². The van der Waals surface area contributed by atoms with Gasteiger partial charge < -0.3 is 15.1 Å². The Morgan fingerprint density at radius 2 is 1.91 bits per heavy atom. The molecular weight excluding hydrogens is 446 g/mol. The smallest absolute Gasteiger partial charge is 0.246 e. The van der Waals surface area contributed by atoms with E-state index < -0.39 is 0 Å². The topological polar surface area (TPSA) is 52.7 Å². The zero-order valence-corrected chi connectivity index (χ0v) is 21.7.